The molecule has 0 aliphatic carbocycles. The van der Waals surface area contributed by atoms with E-state index in [0.717, 1.165) is 0 Å². The molecule has 1 aromatic carbocycles. The second-order valence-electron chi connectivity index (χ2n) is 3.19. The van der Waals surface area contributed by atoms with Crippen molar-refractivity contribution in [3.63, 3.8) is 0 Å². The van der Waals surface area contributed by atoms with Crippen LogP contribution in [0.3, 0.4) is 0 Å². The minimum atomic E-state index is 0.250. The van der Waals surface area contributed by atoms with Crippen molar-refractivity contribution in [2.45, 2.75) is 32.6 Å². The quantitative estimate of drug-likeness (QED) is 0.830. The normalized spacial score (nSPS) is 9.00. The molecule has 0 unspecified atom stereocenters. The van der Waals surface area contributed by atoms with E-state index < -0.39 is 0 Å². The van der Waals surface area contributed by atoms with Crippen LogP contribution in [0.2, 0.25) is 0 Å². The molecule has 15 heavy (non-hydrogen) atoms. The number of rotatable bonds is 3. The first-order valence-corrected chi connectivity index (χ1v) is 4.97. The molecule has 0 radical (unpaired) electrons. The summed E-state index contributed by atoms with van der Waals surface area (Å²) in [6.07, 6.45) is 2.59. The van der Waals surface area contributed by atoms with Gasteiger partial charge in [-0.2, -0.15) is 9.59 Å². The molecule has 0 saturated heterocycles. The van der Waals surface area contributed by atoms with Crippen molar-refractivity contribution in [1.82, 2.24) is 0 Å². The number of hydrogen-bond donors (Lipinski definition) is 1. The zero-order valence-corrected chi connectivity index (χ0v) is 9.06. The molecular formula is C12H16O3. The Hall–Kier alpha value is -1.60. The van der Waals surface area contributed by atoms with Crippen LogP contribution in [-0.4, -0.2) is 11.3 Å². The summed E-state index contributed by atoms with van der Waals surface area (Å²) in [7, 11) is 0. The topological polar surface area (TPSA) is 54.4 Å². The Morgan fingerprint density at radius 1 is 1.13 bits per heavy atom. The molecule has 0 amide bonds. The predicted octanol–water partition coefficient (Wildman–Crippen LogP) is 2.71. The molecule has 0 aliphatic rings. The van der Waals surface area contributed by atoms with E-state index in [0.29, 0.717) is 11.7 Å². The van der Waals surface area contributed by atoms with Gasteiger partial charge in [-0.15, -0.1) is 0 Å². The molecule has 0 aliphatic heterocycles. The van der Waals surface area contributed by atoms with Crippen LogP contribution in [0, 0.1) is 0 Å². The molecule has 0 fully saturated rings. The lowest BCUT2D eigenvalue weighted by Gasteiger charge is -2.11. The van der Waals surface area contributed by atoms with Gasteiger partial charge in [-0.3, -0.25) is 0 Å². The second kappa shape index (κ2) is 7.77. The molecule has 1 rings (SSSR count). The van der Waals surface area contributed by atoms with Crippen molar-refractivity contribution in [3.8, 4) is 5.75 Å². The van der Waals surface area contributed by atoms with Gasteiger partial charge in [0.1, 0.15) is 5.75 Å². The minimum absolute atomic E-state index is 0.250. The van der Waals surface area contributed by atoms with E-state index in [9.17, 15) is 0 Å². The maximum Gasteiger partial charge on any atom is 0.373 e. The molecular weight excluding hydrogens is 192 g/mol. The Morgan fingerprint density at radius 3 is 1.87 bits per heavy atom. The van der Waals surface area contributed by atoms with E-state index in [4.69, 9.17) is 14.7 Å². The third kappa shape index (κ3) is 4.99. The number of carbonyl (C=O) groups excluding carboxylic acids is 2. The molecule has 0 aromatic heterocycles. The molecule has 3 heteroatoms. The second-order valence-corrected chi connectivity index (χ2v) is 3.19. The lowest BCUT2D eigenvalue weighted by atomic mass is 9.94. The largest absolute Gasteiger partial charge is 0.508 e. The first kappa shape index (κ1) is 13.4. The maximum absolute atomic E-state index is 9.08. The summed E-state index contributed by atoms with van der Waals surface area (Å²) in [5, 5.41) is 9.08. The van der Waals surface area contributed by atoms with Crippen LogP contribution in [0.4, 0.5) is 0 Å². The fraction of sp³-hybridized carbons (Fsp3) is 0.417. The predicted molar refractivity (Wildman–Crippen MR) is 56.4 cm³/mol. The fourth-order valence-electron chi connectivity index (χ4n) is 1.51. The Kier molecular flexibility index (Phi) is 6.94. The average molecular weight is 208 g/mol. The van der Waals surface area contributed by atoms with Gasteiger partial charge in [0.2, 0.25) is 0 Å². The Bertz CT molecular complexity index is 293. The van der Waals surface area contributed by atoms with E-state index in [1.54, 1.807) is 12.1 Å². The molecule has 0 bridgehead atoms. The van der Waals surface area contributed by atoms with Gasteiger partial charge in [-0.05, 0) is 36.5 Å². The van der Waals surface area contributed by atoms with Crippen LogP contribution in [0.1, 0.15) is 38.2 Å². The van der Waals surface area contributed by atoms with Crippen molar-refractivity contribution in [3.05, 3.63) is 29.8 Å². The van der Waals surface area contributed by atoms with Crippen LogP contribution < -0.4 is 0 Å². The monoisotopic (exact) mass is 208 g/mol. The highest BCUT2D eigenvalue weighted by Gasteiger charge is 2.05. The highest BCUT2D eigenvalue weighted by atomic mass is 16.3. The first-order valence-electron chi connectivity index (χ1n) is 4.97. The van der Waals surface area contributed by atoms with Gasteiger partial charge >= 0.3 is 6.15 Å². The van der Waals surface area contributed by atoms with Gasteiger partial charge in [-0.25, -0.2) is 0 Å². The van der Waals surface area contributed by atoms with Crippen molar-refractivity contribution in [1.29, 1.82) is 0 Å². The minimum Gasteiger partial charge on any atom is -0.508 e. The number of aromatic hydroxyl groups is 1. The van der Waals surface area contributed by atoms with E-state index in [1.165, 1.54) is 18.4 Å². The number of benzene rings is 1. The van der Waals surface area contributed by atoms with Crippen LogP contribution in [0.25, 0.3) is 0 Å². The van der Waals surface area contributed by atoms with Crippen molar-refractivity contribution in [2.75, 3.05) is 0 Å². The summed E-state index contributed by atoms with van der Waals surface area (Å²) < 4.78 is 0. The summed E-state index contributed by atoms with van der Waals surface area (Å²) in [4.78, 5) is 16.2. The summed E-state index contributed by atoms with van der Waals surface area (Å²) in [6.45, 7) is 4.39. The van der Waals surface area contributed by atoms with E-state index >= 15 is 0 Å². The molecule has 1 aromatic rings. The molecule has 3 nitrogen and oxygen atoms in total. The van der Waals surface area contributed by atoms with Gasteiger partial charge in [0.15, 0.2) is 0 Å². The van der Waals surface area contributed by atoms with Crippen molar-refractivity contribution >= 4 is 6.15 Å². The summed E-state index contributed by atoms with van der Waals surface area (Å²) in [5.74, 6) is 0.996. The van der Waals surface area contributed by atoms with Crippen LogP contribution >= 0.6 is 0 Å². The molecule has 0 atom stereocenters. The van der Waals surface area contributed by atoms with E-state index in [2.05, 4.69) is 13.8 Å². The zero-order chi connectivity index (χ0) is 11.7. The van der Waals surface area contributed by atoms with E-state index in [1.807, 2.05) is 12.1 Å². The van der Waals surface area contributed by atoms with Crippen LogP contribution in [0.15, 0.2) is 24.3 Å². The maximum atomic E-state index is 9.08. The van der Waals surface area contributed by atoms with Crippen molar-refractivity contribution in [2.24, 2.45) is 0 Å². The van der Waals surface area contributed by atoms with Gasteiger partial charge in [0, 0.05) is 0 Å². The Labute approximate surface area is 89.7 Å². The molecule has 1 N–H and O–H groups in total. The molecule has 0 heterocycles. The zero-order valence-electron chi connectivity index (χ0n) is 9.06. The lowest BCUT2D eigenvalue weighted by molar-refractivity contribution is -0.191. The Balaban J connectivity index is 0.000000583. The Morgan fingerprint density at radius 2 is 1.53 bits per heavy atom. The molecule has 82 valence electrons. The molecule has 0 saturated carbocycles. The van der Waals surface area contributed by atoms with Gasteiger partial charge in [0.05, 0.1) is 0 Å². The average Bonchev–Trinajstić information content (AvgIpc) is 2.24. The summed E-state index contributed by atoms with van der Waals surface area (Å²) in [6, 6.07) is 7.53. The van der Waals surface area contributed by atoms with Gasteiger partial charge in [0.25, 0.3) is 0 Å². The highest BCUT2D eigenvalue weighted by molar-refractivity contribution is 5.28. The standard InChI is InChI=1S/C11H16O.CO2/c1-3-9(4-2)10-5-7-11(12)8-6-10;2-1-3/h5-9,12H,3-4H2,1-2H3;. The summed E-state index contributed by atoms with van der Waals surface area (Å²) in [5.41, 5.74) is 1.33. The van der Waals surface area contributed by atoms with Gasteiger partial charge in [-0.1, -0.05) is 26.0 Å². The third-order valence-corrected chi connectivity index (χ3v) is 2.35. The summed E-state index contributed by atoms with van der Waals surface area (Å²) >= 11 is 0. The van der Waals surface area contributed by atoms with Crippen LogP contribution in [-0.2, 0) is 9.59 Å². The third-order valence-electron chi connectivity index (χ3n) is 2.35. The van der Waals surface area contributed by atoms with Gasteiger partial charge < -0.3 is 5.11 Å². The van der Waals surface area contributed by atoms with Crippen LogP contribution in [0.5, 0.6) is 5.75 Å². The number of hydrogen-bond acceptors (Lipinski definition) is 3. The first-order chi connectivity index (χ1) is 7.19. The smallest absolute Gasteiger partial charge is 0.373 e. The fourth-order valence-corrected chi connectivity index (χ4v) is 1.51. The highest BCUT2D eigenvalue weighted by Crippen LogP contribution is 2.24. The van der Waals surface area contributed by atoms with Crippen molar-refractivity contribution < 1.29 is 14.7 Å². The van der Waals surface area contributed by atoms with E-state index in [-0.39, 0.29) is 6.15 Å². The number of phenols is 1. The lowest BCUT2D eigenvalue weighted by Crippen LogP contribution is -1.93. The number of phenolic OH excluding ortho intramolecular Hbond substituents is 1. The molecule has 0 spiro atoms. The SMILES string of the molecule is CCC(CC)c1ccc(O)cc1.O=C=O.